The van der Waals surface area contributed by atoms with Crippen molar-refractivity contribution in [3.63, 3.8) is 0 Å². The fraction of sp³-hybridized carbons (Fsp3) is 0.143. The Morgan fingerprint density at radius 2 is 1.55 bits per heavy atom. The second kappa shape index (κ2) is 6.22. The Labute approximate surface area is 72.2 Å². The molecule has 2 N–H and O–H groups in total. The second-order valence-corrected chi connectivity index (χ2v) is 2.14. The minimum atomic E-state index is 0. The van der Waals surface area contributed by atoms with Crippen molar-refractivity contribution in [2.45, 2.75) is 5.88 Å². The third-order valence-corrected chi connectivity index (χ3v) is 1.44. The first kappa shape index (κ1) is 13.1. The topological polar surface area (TPSA) is 60.0 Å². The molecule has 0 radical (unpaired) electrons. The van der Waals surface area contributed by atoms with E-state index in [0.717, 1.165) is 11.0 Å². The summed E-state index contributed by atoms with van der Waals surface area (Å²) in [4.78, 5) is 0. The van der Waals surface area contributed by atoms with Crippen LogP contribution in [0.3, 0.4) is 0 Å². The zero-order valence-electron chi connectivity index (χ0n) is 5.87. The summed E-state index contributed by atoms with van der Waals surface area (Å²) in [5.41, 5.74) is 1.88. The van der Waals surface area contributed by atoms with Gasteiger partial charge in [-0.05, 0) is 0 Å². The Hall–Kier alpha value is -0.505. The number of halogens is 1. The molecule has 0 bridgehead atoms. The van der Waals surface area contributed by atoms with Crippen molar-refractivity contribution in [1.82, 2.24) is 0 Å². The van der Waals surface area contributed by atoms with E-state index in [9.17, 15) is 0 Å². The van der Waals surface area contributed by atoms with Crippen LogP contribution in [0.2, 0.25) is 0 Å². The molecule has 2 nitrogen and oxygen atoms in total. The quantitative estimate of drug-likeness (QED) is 0.464. The average molecular weight is 170 g/mol. The number of alkyl halides is 1. The van der Waals surface area contributed by atoms with E-state index in [4.69, 9.17) is 19.4 Å². The minimum absolute atomic E-state index is 0. The van der Waals surface area contributed by atoms with Gasteiger partial charge in [0.1, 0.15) is 0 Å². The van der Waals surface area contributed by atoms with Crippen LogP contribution in [-0.2, 0) is 5.88 Å². The Morgan fingerprint density at radius 1 is 1.09 bits per heavy atom. The second-order valence-electron chi connectivity index (χ2n) is 1.88. The summed E-state index contributed by atoms with van der Waals surface area (Å²) in [6.07, 6.45) is 0. The van der Waals surface area contributed by atoms with Gasteiger partial charge in [0.25, 0.3) is 0 Å². The Kier molecular flexibility index (Phi) is 7.41. The number of hydrogen-bond acceptors (Lipinski definition) is 2. The van der Waals surface area contributed by atoms with E-state index in [1.807, 2.05) is 24.3 Å². The van der Waals surface area contributed by atoms with Gasteiger partial charge in [0, 0.05) is 0 Å². The van der Waals surface area contributed by atoms with Gasteiger partial charge in [0.15, 0.2) is 0 Å². The van der Waals surface area contributed by atoms with E-state index in [2.05, 4.69) is 0 Å². The van der Waals surface area contributed by atoms with Crippen LogP contribution in [0.5, 0.6) is 0 Å². The zero-order valence-corrected chi connectivity index (χ0v) is 6.62. The van der Waals surface area contributed by atoms with Crippen LogP contribution in [0.25, 0.3) is 0 Å². The van der Waals surface area contributed by atoms with Gasteiger partial charge in [0.05, 0.1) is 0 Å². The summed E-state index contributed by atoms with van der Waals surface area (Å²) in [5.74, 6) is 0.556. The molecule has 0 unspecified atom stereocenters. The largest absolute Gasteiger partial charge is 0.870 e. The summed E-state index contributed by atoms with van der Waals surface area (Å²) in [6.45, 7) is 0. The predicted octanol–water partition coefficient (Wildman–Crippen LogP) is 0.866. The van der Waals surface area contributed by atoms with Crippen molar-refractivity contribution in [2.24, 2.45) is 0 Å². The molecule has 0 spiro atoms. The summed E-state index contributed by atoms with van der Waals surface area (Å²) >= 11 is 5.54. The van der Waals surface area contributed by atoms with Crippen molar-refractivity contribution in [3.8, 4) is 0 Å². The molecule has 0 aromatic heterocycles. The number of hydrogen-bond donors (Lipinski definition) is 0. The molecule has 0 heterocycles. The van der Waals surface area contributed by atoms with Gasteiger partial charge in [0.2, 0.25) is 0 Å². The van der Waals surface area contributed by atoms with Crippen molar-refractivity contribution in [2.75, 3.05) is 0 Å². The Bertz CT molecular complexity index is 188. The molecule has 58 valence electrons. The summed E-state index contributed by atoms with van der Waals surface area (Å²) in [5, 5.41) is 0. The van der Waals surface area contributed by atoms with E-state index in [1.165, 1.54) is 0 Å². The van der Waals surface area contributed by atoms with Crippen LogP contribution in [0.1, 0.15) is 5.56 Å². The van der Waals surface area contributed by atoms with Crippen LogP contribution in [0.4, 0.5) is 0 Å². The summed E-state index contributed by atoms with van der Waals surface area (Å²) in [6, 6.07) is 7.53. The number of benzene rings is 1. The van der Waals surface area contributed by atoms with E-state index in [0.29, 0.717) is 5.88 Å². The summed E-state index contributed by atoms with van der Waals surface area (Å²) < 4.78 is 0. The third-order valence-electron chi connectivity index (χ3n) is 1.13. The fourth-order valence-electron chi connectivity index (χ4n) is 0.607. The fourth-order valence-corrected chi connectivity index (χ4v) is 0.785. The maximum atomic E-state index is 5.54. The van der Waals surface area contributed by atoms with Gasteiger partial charge in [-0.3, -0.25) is 0 Å². The van der Waals surface area contributed by atoms with Gasteiger partial charge >= 0.3 is 60.6 Å². The smallest absolute Gasteiger partial charge is 0.870 e. The molecule has 1 aromatic rings. The third kappa shape index (κ3) is 4.04. The van der Waals surface area contributed by atoms with Crippen molar-refractivity contribution < 1.29 is 11.0 Å². The molecule has 0 atom stereocenters. The van der Waals surface area contributed by atoms with Gasteiger partial charge in [-0.1, -0.05) is 0 Å². The van der Waals surface area contributed by atoms with E-state index in [-0.39, 0.29) is 11.0 Å². The first-order valence-corrected chi connectivity index (χ1v) is 3.27. The van der Waals surface area contributed by atoms with Crippen LogP contribution in [0.15, 0.2) is 24.3 Å². The van der Waals surface area contributed by atoms with Gasteiger partial charge < -0.3 is 11.0 Å². The monoisotopic (exact) mass is 170 g/mol. The van der Waals surface area contributed by atoms with Gasteiger partial charge in [-0.15, -0.1) is 0 Å². The maximum absolute atomic E-state index is 5.54. The Balaban J connectivity index is 0. The first-order chi connectivity index (χ1) is 4.33. The molecule has 0 aliphatic carbocycles. The molecule has 0 aliphatic rings. The van der Waals surface area contributed by atoms with Crippen molar-refractivity contribution >= 4 is 24.9 Å². The van der Waals surface area contributed by atoms with Gasteiger partial charge in [-0.2, -0.15) is 0 Å². The van der Waals surface area contributed by atoms with Crippen LogP contribution in [0, 0.1) is 0 Å². The summed E-state index contributed by atoms with van der Waals surface area (Å²) in [7, 11) is 5.44. The Morgan fingerprint density at radius 3 is 1.91 bits per heavy atom. The molecular formula is C7H8BClO2. The van der Waals surface area contributed by atoms with Crippen molar-refractivity contribution in [3.05, 3.63) is 29.8 Å². The van der Waals surface area contributed by atoms with E-state index >= 15 is 0 Å². The van der Waals surface area contributed by atoms with Gasteiger partial charge in [-0.25, -0.2) is 0 Å². The predicted molar refractivity (Wildman–Crippen MR) is 45.3 cm³/mol. The van der Waals surface area contributed by atoms with Crippen LogP contribution in [-0.4, -0.2) is 18.8 Å². The zero-order chi connectivity index (χ0) is 6.69. The molecular weight excluding hydrogens is 162 g/mol. The van der Waals surface area contributed by atoms with E-state index in [1.54, 1.807) is 0 Å². The van der Waals surface area contributed by atoms with Crippen LogP contribution >= 0.6 is 11.6 Å². The molecule has 11 heavy (non-hydrogen) atoms. The molecule has 0 aliphatic heterocycles. The maximum Gasteiger partial charge on any atom is -0.870 e. The SMILES string of the molecule is [B+2]c1ccc(CCl)cc1.[OH-].[OH-]. The molecule has 0 amide bonds. The van der Waals surface area contributed by atoms with Crippen LogP contribution < -0.4 is 5.46 Å². The van der Waals surface area contributed by atoms with Crippen molar-refractivity contribution in [1.29, 1.82) is 0 Å². The average Bonchev–Trinajstić information content (AvgIpc) is 1.90. The molecule has 4 heteroatoms. The minimum Gasteiger partial charge on any atom is -0.870 e. The molecule has 0 fully saturated rings. The standard InChI is InChI=1S/C7H6BCl.2H2O/c8-7-3-1-6(5-9)2-4-7;;/h1-4H,5H2;2*1H2/q+2;;/p-2. The molecule has 1 aromatic carbocycles. The van der Waals surface area contributed by atoms with E-state index < -0.39 is 0 Å². The molecule has 0 saturated heterocycles. The molecule has 1 rings (SSSR count). The number of rotatable bonds is 1. The normalized spacial score (nSPS) is 7.91. The molecule has 0 saturated carbocycles. The first-order valence-electron chi connectivity index (χ1n) is 2.73.